The number of rotatable bonds is 4. The number of carbonyl (C=O) groups is 1. The first kappa shape index (κ1) is 15.7. The average Bonchev–Trinajstić information content (AvgIpc) is 2.96. The predicted molar refractivity (Wildman–Crippen MR) is 69.8 cm³/mol. The van der Waals surface area contributed by atoms with Crippen molar-refractivity contribution in [3.05, 3.63) is 16.3 Å². The lowest BCUT2D eigenvalue weighted by Crippen LogP contribution is -2.41. The fourth-order valence-corrected chi connectivity index (χ4v) is 2.05. The summed E-state index contributed by atoms with van der Waals surface area (Å²) in [7, 11) is 1.64. The van der Waals surface area contributed by atoms with Crippen LogP contribution in [0.1, 0.15) is 12.2 Å². The van der Waals surface area contributed by atoms with Gasteiger partial charge in [0, 0.05) is 19.6 Å². The maximum absolute atomic E-state index is 12.1. The Bertz CT molecular complexity index is 474. The topological polar surface area (TPSA) is 117 Å². The third-order valence-corrected chi connectivity index (χ3v) is 3.07. The van der Waals surface area contributed by atoms with E-state index < -0.39 is 6.10 Å². The van der Waals surface area contributed by atoms with E-state index in [-0.39, 0.29) is 36.5 Å². The lowest BCUT2D eigenvalue weighted by Gasteiger charge is -2.22. The summed E-state index contributed by atoms with van der Waals surface area (Å²) in [5.74, 6) is 0.350. The van der Waals surface area contributed by atoms with Gasteiger partial charge in [-0.25, -0.2) is 9.89 Å². The first-order valence-corrected chi connectivity index (χ1v) is 5.82. The van der Waals surface area contributed by atoms with Crippen LogP contribution in [0.3, 0.4) is 0 Å². The minimum atomic E-state index is -0.481. The van der Waals surface area contributed by atoms with Crippen LogP contribution in [0.15, 0.2) is 4.79 Å². The highest BCUT2D eigenvalue weighted by Crippen LogP contribution is 2.21. The monoisotopic (exact) mass is 291 g/mol. The standard InChI is InChI=1S/C10H17N5O3.ClH/c1-15(5-7-12-10(17)14-13-7)9(16)8-6(4-11)2-3-18-8;/h6,8H,2-5,11H2,1H3,(H2,12,13,14,17);1H/t6-,8-;/m1./s1. The molecular weight excluding hydrogens is 274 g/mol. The van der Waals surface area contributed by atoms with Crippen molar-refractivity contribution in [1.29, 1.82) is 0 Å². The van der Waals surface area contributed by atoms with E-state index in [1.165, 1.54) is 4.90 Å². The van der Waals surface area contributed by atoms with Crippen LogP contribution in [0.25, 0.3) is 0 Å². The summed E-state index contributed by atoms with van der Waals surface area (Å²) < 4.78 is 5.41. The van der Waals surface area contributed by atoms with Gasteiger partial charge in [-0.05, 0) is 13.0 Å². The molecule has 1 aromatic heterocycles. The second-order valence-electron chi connectivity index (χ2n) is 4.39. The fraction of sp³-hybridized carbons (Fsp3) is 0.700. The third-order valence-electron chi connectivity index (χ3n) is 3.07. The van der Waals surface area contributed by atoms with Gasteiger partial charge in [-0.2, -0.15) is 5.10 Å². The van der Waals surface area contributed by atoms with Gasteiger partial charge in [0.05, 0.1) is 6.54 Å². The molecule has 1 aliphatic rings. The molecule has 9 heteroatoms. The molecule has 0 radical (unpaired) electrons. The molecule has 0 spiro atoms. The Hall–Kier alpha value is -1.38. The maximum atomic E-state index is 12.1. The van der Waals surface area contributed by atoms with Gasteiger partial charge in [0.1, 0.15) is 6.10 Å². The van der Waals surface area contributed by atoms with Crippen molar-refractivity contribution in [1.82, 2.24) is 20.1 Å². The van der Waals surface area contributed by atoms with Crippen molar-refractivity contribution in [2.75, 3.05) is 20.2 Å². The third kappa shape index (κ3) is 3.55. The predicted octanol–water partition coefficient (Wildman–Crippen LogP) is -1.16. The number of ether oxygens (including phenoxy) is 1. The molecule has 1 aliphatic heterocycles. The highest BCUT2D eigenvalue weighted by molar-refractivity contribution is 5.85. The summed E-state index contributed by atoms with van der Waals surface area (Å²) in [5, 5.41) is 6.00. The fourth-order valence-electron chi connectivity index (χ4n) is 2.05. The molecule has 2 heterocycles. The molecule has 2 rings (SSSR count). The molecule has 0 bridgehead atoms. The van der Waals surface area contributed by atoms with Crippen LogP contribution in [-0.2, 0) is 16.1 Å². The summed E-state index contributed by atoms with van der Waals surface area (Å²) in [5.41, 5.74) is 5.22. The van der Waals surface area contributed by atoms with Crippen LogP contribution in [0.2, 0.25) is 0 Å². The van der Waals surface area contributed by atoms with Crippen molar-refractivity contribution < 1.29 is 9.53 Å². The molecule has 1 aromatic rings. The lowest BCUT2D eigenvalue weighted by molar-refractivity contribution is -0.141. The van der Waals surface area contributed by atoms with E-state index in [4.69, 9.17) is 10.5 Å². The Kier molecular flexibility index (Phi) is 5.52. The minimum absolute atomic E-state index is 0. The highest BCUT2D eigenvalue weighted by Gasteiger charge is 2.35. The average molecular weight is 292 g/mol. The second-order valence-corrected chi connectivity index (χ2v) is 4.39. The van der Waals surface area contributed by atoms with E-state index in [0.29, 0.717) is 19.0 Å². The Morgan fingerprint density at radius 3 is 2.95 bits per heavy atom. The summed E-state index contributed by atoms with van der Waals surface area (Å²) >= 11 is 0. The van der Waals surface area contributed by atoms with Crippen LogP contribution in [0.5, 0.6) is 0 Å². The number of H-pyrrole nitrogens is 2. The molecule has 0 unspecified atom stereocenters. The van der Waals surface area contributed by atoms with Crippen LogP contribution >= 0.6 is 12.4 Å². The number of aromatic amines is 2. The summed E-state index contributed by atoms with van der Waals surface area (Å²) in [6.45, 7) is 1.23. The zero-order chi connectivity index (χ0) is 13.1. The van der Waals surface area contributed by atoms with Crippen molar-refractivity contribution >= 4 is 18.3 Å². The van der Waals surface area contributed by atoms with Gasteiger partial charge in [0.25, 0.3) is 5.91 Å². The van der Waals surface area contributed by atoms with E-state index in [1.54, 1.807) is 7.05 Å². The molecule has 4 N–H and O–H groups in total. The Labute approximate surface area is 116 Å². The Balaban J connectivity index is 0.00000180. The molecule has 0 aromatic carbocycles. The largest absolute Gasteiger partial charge is 0.368 e. The van der Waals surface area contributed by atoms with E-state index in [9.17, 15) is 9.59 Å². The molecule has 108 valence electrons. The number of hydrogen-bond donors (Lipinski definition) is 3. The summed E-state index contributed by atoms with van der Waals surface area (Å²) in [6.07, 6.45) is 0.325. The number of likely N-dealkylation sites (N-methyl/N-ethyl adjacent to an activating group) is 1. The number of nitrogens with one attached hydrogen (secondary N) is 2. The molecule has 0 saturated carbocycles. The van der Waals surface area contributed by atoms with Gasteiger partial charge < -0.3 is 15.4 Å². The van der Waals surface area contributed by atoms with Crippen LogP contribution in [0, 0.1) is 5.92 Å². The zero-order valence-electron chi connectivity index (χ0n) is 10.6. The molecular formula is C10H18ClN5O3. The van der Waals surface area contributed by atoms with Gasteiger partial charge in [0.2, 0.25) is 0 Å². The second kappa shape index (κ2) is 6.69. The quantitative estimate of drug-likeness (QED) is 0.647. The smallest absolute Gasteiger partial charge is 0.340 e. The number of nitrogens with two attached hydrogens (primary N) is 1. The Morgan fingerprint density at radius 2 is 2.37 bits per heavy atom. The molecule has 1 fully saturated rings. The SMILES string of the molecule is CN(Cc1n[nH]c(=O)[nH]1)C(=O)[C@@H]1OCC[C@@H]1CN.Cl. The van der Waals surface area contributed by atoms with E-state index in [1.807, 2.05) is 0 Å². The summed E-state index contributed by atoms with van der Waals surface area (Å²) in [6, 6.07) is 0. The molecule has 2 atom stereocenters. The number of amides is 1. The van der Waals surface area contributed by atoms with Crippen LogP contribution < -0.4 is 11.4 Å². The molecule has 19 heavy (non-hydrogen) atoms. The van der Waals surface area contributed by atoms with Crippen molar-refractivity contribution in [2.45, 2.75) is 19.1 Å². The first-order valence-electron chi connectivity index (χ1n) is 5.82. The van der Waals surface area contributed by atoms with Gasteiger partial charge >= 0.3 is 5.69 Å². The number of hydrogen-bond acceptors (Lipinski definition) is 5. The number of halogens is 1. The molecule has 0 aliphatic carbocycles. The van der Waals surface area contributed by atoms with Gasteiger partial charge in [0.15, 0.2) is 5.82 Å². The number of aromatic nitrogens is 3. The van der Waals surface area contributed by atoms with E-state index >= 15 is 0 Å². The van der Waals surface area contributed by atoms with Gasteiger partial charge in [-0.1, -0.05) is 0 Å². The van der Waals surface area contributed by atoms with E-state index in [2.05, 4.69) is 15.2 Å². The minimum Gasteiger partial charge on any atom is -0.368 e. The number of nitrogens with zero attached hydrogens (tertiary/aromatic N) is 2. The van der Waals surface area contributed by atoms with Crippen LogP contribution in [-0.4, -0.2) is 52.3 Å². The molecule has 1 saturated heterocycles. The molecule has 8 nitrogen and oxygen atoms in total. The normalized spacial score (nSPS) is 22.0. The molecule has 1 amide bonds. The zero-order valence-corrected chi connectivity index (χ0v) is 11.4. The van der Waals surface area contributed by atoms with E-state index in [0.717, 1.165) is 6.42 Å². The van der Waals surface area contributed by atoms with Gasteiger partial charge in [-0.15, -0.1) is 12.4 Å². The number of carbonyl (C=O) groups excluding carboxylic acids is 1. The first-order chi connectivity index (χ1) is 8.61. The maximum Gasteiger partial charge on any atom is 0.340 e. The lowest BCUT2D eigenvalue weighted by atomic mass is 10.0. The highest BCUT2D eigenvalue weighted by atomic mass is 35.5. The van der Waals surface area contributed by atoms with Crippen molar-refractivity contribution in [3.8, 4) is 0 Å². The van der Waals surface area contributed by atoms with Crippen molar-refractivity contribution in [3.63, 3.8) is 0 Å². The van der Waals surface area contributed by atoms with Gasteiger partial charge in [-0.3, -0.25) is 9.78 Å². The Morgan fingerprint density at radius 1 is 1.63 bits per heavy atom. The van der Waals surface area contributed by atoms with Crippen molar-refractivity contribution in [2.24, 2.45) is 11.7 Å². The van der Waals surface area contributed by atoms with Crippen LogP contribution in [0.4, 0.5) is 0 Å². The summed E-state index contributed by atoms with van der Waals surface area (Å²) in [4.78, 5) is 27.0.